The molecule has 0 radical (unpaired) electrons. The largest absolute Gasteiger partial charge is 0.312 e. The molecule has 8 heteroatoms. The monoisotopic (exact) mass is 439 g/mol. The van der Waals surface area contributed by atoms with E-state index in [1.807, 2.05) is 6.92 Å². The normalized spacial score (nSPS) is 18.4. The highest BCUT2D eigenvalue weighted by Crippen LogP contribution is 2.37. The SMILES string of the molecule is Cc1cc(NS(=O)(=O)c2ccc3c(c2)CCN3C(=O)C2CC2)ccc1N1CCCC1=O. The van der Waals surface area contributed by atoms with Crippen LogP contribution < -0.4 is 14.5 Å². The maximum atomic E-state index is 13.0. The summed E-state index contributed by atoms with van der Waals surface area (Å²) in [5.41, 5.74) is 3.84. The Bertz CT molecular complexity index is 1190. The molecule has 162 valence electrons. The number of amides is 2. The Morgan fingerprint density at radius 1 is 1.03 bits per heavy atom. The number of aryl methyl sites for hydroxylation is 1. The Kier molecular flexibility index (Phi) is 4.77. The van der Waals surface area contributed by atoms with Crippen LogP contribution in [0.3, 0.4) is 0 Å². The number of hydrogen-bond donors (Lipinski definition) is 1. The van der Waals surface area contributed by atoms with E-state index >= 15 is 0 Å². The second kappa shape index (κ2) is 7.37. The fourth-order valence-corrected chi connectivity index (χ4v) is 5.56. The van der Waals surface area contributed by atoms with E-state index in [1.54, 1.807) is 46.2 Å². The standard InChI is InChI=1S/C23H25N3O4S/c1-15-13-18(6-8-20(15)25-11-2-3-22(25)27)24-31(29,30)19-7-9-21-17(14-19)10-12-26(21)23(28)16-4-5-16/h6-9,13-14,16,24H,2-5,10-12H2,1H3. The number of hydrogen-bond acceptors (Lipinski definition) is 4. The third kappa shape index (κ3) is 3.69. The molecule has 2 amide bonds. The summed E-state index contributed by atoms with van der Waals surface area (Å²) in [4.78, 5) is 28.2. The van der Waals surface area contributed by atoms with Crippen LogP contribution in [0.1, 0.15) is 36.8 Å². The zero-order valence-corrected chi connectivity index (χ0v) is 18.2. The van der Waals surface area contributed by atoms with E-state index in [4.69, 9.17) is 0 Å². The molecular formula is C23H25N3O4S. The number of benzene rings is 2. The molecule has 1 saturated heterocycles. The van der Waals surface area contributed by atoms with Crippen molar-refractivity contribution in [1.82, 2.24) is 0 Å². The zero-order chi connectivity index (χ0) is 21.8. The molecule has 31 heavy (non-hydrogen) atoms. The number of fused-ring (bicyclic) bond motifs is 1. The van der Waals surface area contributed by atoms with Crippen molar-refractivity contribution in [3.8, 4) is 0 Å². The second-order valence-corrected chi connectivity index (χ2v) is 10.2. The van der Waals surface area contributed by atoms with Crippen LogP contribution in [0, 0.1) is 12.8 Å². The predicted octanol–water partition coefficient (Wildman–Crippen LogP) is 3.22. The lowest BCUT2D eigenvalue weighted by molar-refractivity contribution is -0.119. The molecule has 0 aromatic heterocycles. The minimum atomic E-state index is -3.77. The van der Waals surface area contributed by atoms with Gasteiger partial charge in [-0.1, -0.05) is 0 Å². The summed E-state index contributed by atoms with van der Waals surface area (Å²) < 4.78 is 28.6. The molecule has 0 bridgehead atoms. The third-order valence-electron chi connectivity index (χ3n) is 6.26. The highest BCUT2D eigenvalue weighted by Gasteiger charge is 2.36. The quantitative estimate of drug-likeness (QED) is 0.775. The molecule has 7 nitrogen and oxygen atoms in total. The molecule has 2 fully saturated rings. The Labute approximate surface area is 182 Å². The van der Waals surface area contributed by atoms with E-state index in [0.29, 0.717) is 31.6 Å². The van der Waals surface area contributed by atoms with Crippen molar-refractivity contribution in [2.45, 2.75) is 43.9 Å². The topological polar surface area (TPSA) is 86.8 Å². The summed E-state index contributed by atoms with van der Waals surface area (Å²) >= 11 is 0. The highest BCUT2D eigenvalue weighted by atomic mass is 32.2. The Morgan fingerprint density at radius 3 is 2.48 bits per heavy atom. The molecule has 0 spiro atoms. The maximum Gasteiger partial charge on any atom is 0.261 e. The number of nitrogens with zero attached hydrogens (tertiary/aromatic N) is 2. The van der Waals surface area contributed by atoms with Gasteiger partial charge < -0.3 is 9.80 Å². The van der Waals surface area contributed by atoms with Gasteiger partial charge in [-0.25, -0.2) is 8.42 Å². The van der Waals surface area contributed by atoms with Crippen LogP contribution in [0.15, 0.2) is 41.3 Å². The molecule has 2 aromatic rings. The van der Waals surface area contributed by atoms with Gasteiger partial charge in [0.05, 0.1) is 4.90 Å². The number of nitrogens with one attached hydrogen (secondary N) is 1. The van der Waals surface area contributed by atoms with Crippen molar-refractivity contribution >= 4 is 38.9 Å². The summed E-state index contributed by atoms with van der Waals surface area (Å²) in [6, 6.07) is 10.2. The first-order valence-corrected chi connectivity index (χ1v) is 12.2. The van der Waals surface area contributed by atoms with E-state index in [1.165, 1.54) is 0 Å². The minimum absolute atomic E-state index is 0.101. The fraction of sp³-hybridized carbons (Fsp3) is 0.391. The molecule has 2 aliphatic heterocycles. The van der Waals surface area contributed by atoms with Gasteiger partial charge in [0, 0.05) is 42.5 Å². The fourth-order valence-electron chi connectivity index (χ4n) is 4.46. The van der Waals surface area contributed by atoms with E-state index < -0.39 is 10.0 Å². The van der Waals surface area contributed by atoms with Gasteiger partial charge in [0.25, 0.3) is 10.0 Å². The number of carbonyl (C=O) groups excluding carboxylic acids is 2. The van der Waals surface area contributed by atoms with Crippen LogP contribution >= 0.6 is 0 Å². The molecule has 1 aliphatic carbocycles. The Morgan fingerprint density at radius 2 is 1.81 bits per heavy atom. The Hall–Kier alpha value is -2.87. The molecule has 3 aliphatic rings. The van der Waals surface area contributed by atoms with Gasteiger partial charge in [-0.15, -0.1) is 0 Å². The van der Waals surface area contributed by atoms with Gasteiger partial charge in [-0.2, -0.15) is 0 Å². The van der Waals surface area contributed by atoms with Gasteiger partial charge in [0.15, 0.2) is 0 Å². The van der Waals surface area contributed by atoms with Crippen molar-refractivity contribution in [3.63, 3.8) is 0 Å². The molecule has 2 aromatic carbocycles. The van der Waals surface area contributed by atoms with Crippen molar-refractivity contribution in [1.29, 1.82) is 0 Å². The number of sulfonamides is 1. The van der Waals surface area contributed by atoms with Gasteiger partial charge in [-0.05, 0) is 80.1 Å². The van der Waals surface area contributed by atoms with Crippen molar-refractivity contribution in [2.24, 2.45) is 5.92 Å². The molecule has 2 heterocycles. The molecule has 1 saturated carbocycles. The van der Waals surface area contributed by atoms with Gasteiger partial charge in [-0.3, -0.25) is 14.3 Å². The van der Waals surface area contributed by atoms with E-state index in [9.17, 15) is 18.0 Å². The highest BCUT2D eigenvalue weighted by molar-refractivity contribution is 7.92. The molecule has 0 unspecified atom stereocenters. The summed E-state index contributed by atoms with van der Waals surface area (Å²) in [5.74, 6) is 0.390. The summed E-state index contributed by atoms with van der Waals surface area (Å²) in [5, 5.41) is 0. The number of carbonyl (C=O) groups is 2. The molecular weight excluding hydrogens is 414 g/mol. The summed E-state index contributed by atoms with van der Waals surface area (Å²) in [6.07, 6.45) is 3.95. The number of anilines is 3. The van der Waals surface area contributed by atoms with E-state index in [0.717, 1.165) is 41.8 Å². The smallest absolute Gasteiger partial charge is 0.261 e. The first-order chi connectivity index (χ1) is 14.8. The van der Waals surface area contributed by atoms with Crippen LogP contribution in [-0.2, 0) is 26.0 Å². The van der Waals surface area contributed by atoms with Gasteiger partial charge >= 0.3 is 0 Å². The predicted molar refractivity (Wildman–Crippen MR) is 119 cm³/mol. The number of rotatable bonds is 5. The van der Waals surface area contributed by atoms with Gasteiger partial charge in [0.1, 0.15) is 0 Å². The van der Waals surface area contributed by atoms with Crippen LogP contribution in [0.5, 0.6) is 0 Å². The van der Waals surface area contributed by atoms with Crippen LogP contribution in [0.2, 0.25) is 0 Å². The molecule has 0 atom stereocenters. The second-order valence-electron chi connectivity index (χ2n) is 8.56. The average molecular weight is 440 g/mol. The summed E-state index contributed by atoms with van der Waals surface area (Å²) in [7, 11) is -3.77. The first-order valence-electron chi connectivity index (χ1n) is 10.7. The third-order valence-corrected chi connectivity index (χ3v) is 7.64. The van der Waals surface area contributed by atoms with Crippen molar-refractivity contribution < 1.29 is 18.0 Å². The van der Waals surface area contributed by atoms with Crippen LogP contribution in [-0.4, -0.2) is 33.3 Å². The zero-order valence-electron chi connectivity index (χ0n) is 17.4. The van der Waals surface area contributed by atoms with Crippen molar-refractivity contribution in [3.05, 3.63) is 47.5 Å². The lowest BCUT2D eigenvalue weighted by atomic mass is 10.1. The van der Waals surface area contributed by atoms with E-state index in [2.05, 4.69) is 4.72 Å². The first kappa shape index (κ1) is 20.1. The molecule has 1 N–H and O–H groups in total. The average Bonchev–Trinajstić information content (AvgIpc) is 3.37. The van der Waals surface area contributed by atoms with Crippen LogP contribution in [0.25, 0.3) is 0 Å². The van der Waals surface area contributed by atoms with Gasteiger partial charge in [0.2, 0.25) is 11.8 Å². The molecule has 5 rings (SSSR count). The lowest BCUT2D eigenvalue weighted by Gasteiger charge is -2.19. The van der Waals surface area contributed by atoms with Crippen LogP contribution in [0.4, 0.5) is 17.1 Å². The Balaban J connectivity index is 1.36. The van der Waals surface area contributed by atoms with E-state index in [-0.39, 0.29) is 22.6 Å². The lowest BCUT2D eigenvalue weighted by Crippen LogP contribution is -2.30. The minimum Gasteiger partial charge on any atom is -0.312 e. The maximum absolute atomic E-state index is 13.0. The summed E-state index contributed by atoms with van der Waals surface area (Å²) in [6.45, 7) is 3.18. The van der Waals surface area contributed by atoms with Crippen molar-refractivity contribution in [2.75, 3.05) is 27.6 Å².